The molecule has 0 atom stereocenters. The first kappa shape index (κ1) is 12.3. The molecule has 1 aromatic rings. The molecule has 0 unspecified atom stereocenters. The molecular weight excluding hydrogens is 264 g/mol. The number of halogens is 1. The summed E-state index contributed by atoms with van der Waals surface area (Å²) in [6, 6.07) is 1.43. The number of amides is 1. The van der Waals surface area contributed by atoms with Crippen molar-refractivity contribution in [3.63, 3.8) is 0 Å². The van der Waals surface area contributed by atoms with Crippen LogP contribution >= 0.6 is 11.6 Å². The zero-order valence-corrected chi connectivity index (χ0v) is 10.8. The molecule has 17 heavy (non-hydrogen) atoms. The SMILES string of the molecule is Cc1cc(S(=O)(=O)N2CCCC2=O)cnc1Cl. The second kappa shape index (κ2) is 4.27. The Morgan fingerprint density at radius 2 is 2.18 bits per heavy atom. The van der Waals surface area contributed by atoms with E-state index in [1.807, 2.05) is 0 Å². The predicted molar refractivity (Wildman–Crippen MR) is 62.1 cm³/mol. The highest BCUT2D eigenvalue weighted by molar-refractivity contribution is 7.89. The van der Waals surface area contributed by atoms with Gasteiger partial charge in [-0.2, -0.15) is 0 Å². The average molecular weight is 275 g/mol. The van der Waals surface area contributed by atoms with Crippen LogP contribution < -0.4 is 0 Å². The number of nitrogens with zero attached hydrogens (tertiary/aromatic N) is 2. The van der Waals surface area contributed by atoms with Crippen LogP contribution in [0.2, 0.25) is 5.15 Å². The summed E-state index contributed by atoms with van der Waals surface area (Å²) in [5.74, 6) is -0.363. The minimum Gasteiger partial charge on any atom is -0.274 e. The molecule has 7 heteroatoms. The van der Waals surface area contributed by atoms with E-state index in [2.05, 4.69) is 4.98 Å². The fraction of sp³-hybridized carbons (Fsp3) is 0.400. The topological polar surface area (TPSA) is 67.3 Å². The van der Waals surface area contributed by atoms with Gasteiger partial charge in [-0.25, -0.2) is 17.7 Å². The van der Waals surface area contributed by atoms with Crippen LogP contribution in [0.25, 0.3) is 0 Å². The molecule has 0 radical (unpaired) electrons. The Morgan fingerprint density at radius 1 is 1.47 bits per heavy atom. The van der Waals surface area contributed by atoms with Crippen LogP contribution in [0.15, 0.2) is 17.2 Å². The summed E-state index contributed by atoms with van der Waals surface area (Å²) >= 11 is 5.73. The summed E-state index contributed by atoms with van der Waals surface area (Å²) in [7, 11) is -3.76. The van der Waals surface area contributed by atoms with E-state index in [9.17, 15) is 13.2 Å². The molecule has 0 aromatic carbocycles. The first-order valence-electron chi connectivity index (χ1n) is 5.10. The summed E-state index contributed by atoms with van der Waals surface area (Å²) < 4.78 is 25.2. The Balaban J connectivity index is 2.44. The molecule has 1 aromatic heterocycles. The minimum absolute atomic E-state index is 0.00894. The number of aryl methyl sites for hydroxylation is 1. The number of rotatable bonds is 2. The number of carbonyl (C=O) groups excluding carboxylic acids is 1. The van der Waals surface area contributed by atoms with E-state index in [1.54, 1.807) is 6.92 Å². The normalized spacial score (nSPS) is 16.6. The monoisotopic (exact) mass is 274 g/mol. The molecular formula is C10H11ClN2O3S. The second-order valence-electron chi connectivity index (χ2n) is 3.85. The smallest absolute Gasteiger partial charge is 0.268 e. The van der Waals surface area contributed by atoms with E-state index in [4.69, 9.17) is 11.6 Å². The maximum atomic E-state index is 12.1. The quantitative estimate of drug-likeness (QED) is 0.764. The lowest BCUT2D eigenvalue weighted by atomic mass is 10.3. The van der Waals surface area contributed by atoms with Crippen LogP contribution in [0.5, 0.6) is 0 Å². The van der Waals surface area contributed by atoms with Gasteiger partial charge in [-0.05, 0) is 25.0 Å². The highest BCUT2D eigenvalue weighted by Crippen LogP contribution is 2.23. The average Bonchev–Trinajstić information content (AvgIpc) is 2.69. The maximum absolute atomic E-state index is 12.1. The maximum Gasteiger partial charge on any atom is 0.268 e. The molecule has 5 nitrogen and oxygen atoms in total. The predicted octanol–water partition coefficient (Wildman–Crippen LogP) is 1.35. The van der Waals surface area contributed by atoms with Crippen LogP contribution in [0.4, 0.5) is 0 Å². The summed E-state index contributed by atoms with van der Waals surface area (Å²) in [6.45, 7) is 1.91. The van der Waals surface area contributed by atoms with E-state index >= 15 is 0 Å². The van der Waals surface area contributed by atoms with Crippen molar-refractivity contribution in [1.29, 1.82) is 0 Å². The van der Waals surface area contributed by atoms with Crippen LogP contribution in [0.1, 0.15) is 18.4 Å². The molecule has 92 valence electrons. The molecule has 0 saturated carbocycles. The van der Waals surface area contributed by atoms with Gasteiger partial charge in [-0.15, -0.1) is 0 Å². The number of hydrogen-bond donors (Lipinski definition) is 0. The van der Waals surface area contributed by atoms with Crippen molar-refractivity contribution in [1.82, 2.24) is 9.29 Å². The Morgan fingerprint density at radius 3 is 2.71 bits per heavy atom. The first-order chi connectivity index (χ1) is 7.93. The number of sulfonamides is 1. The highest BCUT2D eigenvalue weighted by atomic mass is 35.5. The molecule has 0 bridgehead atoms. The summed E-state index contributed by atoms with van der Waals surface area (Å²) in [5.41, 5.74) is 0.569. The second-order valence-corrected chi connectivity index (χ2v) is 6.07. The van der Waals surface area contributed by atoms with Gasteiger partial charge in [0.2, 0.25) is 5.91 Å². The van der Waals surface area contributed by atoms with Crippen LogP contribution in [-0.2, 0) is 14.8 Å². The third-order valence-corrected chi connectivity index (χ3v) is 4.79. The van der Waals surface area contributed by atoms with Crippen molar-refractivity contribution in [3.8, 4) is 0 Å². The van der Waals surface area contributed by atoms with Crippen molar-refractivity contribution in [2.45, 2.75) is 24.7 Å². The van der Waals surface area contributed by atoms with Crippen LogP contribution in [-0.4, -0.2) is 30.2 Å². The number of aromatic nitrogens is 1. The van der Waals surface area contributed by atoms with Gasteiger partial charge < -0.3 is 0 Å². The van der Waals surface area contributed by atoms with Gasteiger partial charge in [0, 0.05) is 19.2 Å². The van der Waals surface area contributed by atoms with E-state index in [1.165, 1.54) is 12.3 Å². The molecule has 0 N–H and O–H groups in total. The van der Waals surface area contributed by atoms with Gasteiger partial charge in [0.15, 0.2) is 0 Å². The molecule has 2 rings (SSSR count). The standard InChI is InChI=1S/C10H11ClN2O3S/c1-7-5-8(6-12-10(7)11)17(15,16)13-4-2-3-9(13)14/h5-6H,2-4H2,1H3. The van der Waals surface area contributed by atoms with E-state index in [-0.39, 0.29) is 28.9 Å². The van der Waals surface area contributed by atoms with Crippen molar-refractivity contribution >= 4 is 27.5 Å². The van der Waals surface area contributed by atoms with Crippen LogP contribution in [0, 0.1) is 6.92 Å². The largest absolute Gasteiger partial charge is 0.274 e. The Hall–Kier alpha value is -1.14. The van der Waals surface area contributed by atoms with Gasteiger partial charge in [-0.3, -0.25) is 4.79 Å². The Kier molecular flexibility index (Phi) is 3.09. The highest BCUT2D eigenvalue weighted by Gasteiger charge is 2.33. The van der Waals surface area contributed by atoms with Crippen molar-refractivity contribution in [2.75, 3.05) is 6.54 Å². The lowest BCUT2D eigenvalue weighted by Gasteiger charge is -2.16. The number of carbonyl (C=O) groups is 1. The van der Waals surface area contributed by atoms with Crippen molar-refractivity contribution < 1.29 is 13.2 Å². The summed E-state index contributed by atoms with van der Waals surface area (Å²) in [5, 5.41) is 0.261. The Bertz CT molecular complexity index is 571. The fourth-order valence-electron chi connectivity index (χ4n) is 1.68. The third kappa shape index (κ3) is 2.14. The van der Waals surface area contributed by atoms with Crippen molar-refractivity contribution in [3.05, 3.63) is 23.0 Å². The molecule has 1 fully saturated rings. The zero-order chi connectivity index (χ0) is 12.6. The van der Waals surface area contributed by atoms with Gasteiger partial charge in [-0.1, -0.05) is 11.6 Å². The van der Waals surface area contributed by atoms with Gasteiger partial charge in [0.1, 0.15) is 10.0 Å². The zero-order valence-electron chi connectivity index (χ0n) is 9.18. The van der Waals surface area contributed by atoms with Crippen molar-refractivity contribution in [2.24, 2.45) is 0 Å². The van der Waals surface area contributed by atoms with E-state index in [0.717, 1.165) is 4.31 Å². The summed E-state index contributed by atoms with van der Waals surface area (Å²) in [4.78, 5) is 15.2. The summed E-state index contributed by atoms with van der Waals surface area (Å²) in [6.07, 6.45) is 2.02. The molecule has 1 saturated heterocycles. The third-order valence-electron chi connectivity index (χ3n) is 2.61. The molecule has 0 aliphatic carbocycles. The lowest BCUT2D eigenvalue weighted by Crippen LogP contribution is -2.32. The molecule has 0 spiro atoms. The molecule has 2 heterocycles. The van der Waals surface area contributed by atoms with Gasteiger partial charge in [0.05, 0.1) is 0 Å². The minimum atomic E-state index is -3.76. The van der Waals surface area contributed by atoms with Gasteiger partial charge in [0.25, 0.3) is 10.0 Å². The van der Waals surface area contributed by atoms with Crippen LogP contribution in [0.3, 0.4) is 0 Å². The molecule has 1 aliphatic rings. The number of pyridine rings is 1. The molecule has 1 aliphatic heterocycles. The van der Waals surface area contributed by atoms with E-state index in [0.29, 0.717) is 12.0 Å². The molecule has 1 amide bonds. The first-order valence-corrected chi connectivity index (χ1v) is 6.92. The Labute approximate surface area is 104 Å². The van der Waals surface area contributed by atoms with Gasteiger partial charge >= 0.3 is 0 Å². The number of hydrogen-bond acceptors (Lipinski definition) is 4. The van der Waals surface area contributed by atoms with E-state index < -0.39 is 10.0 Å². The fourth-order valence-corrected chi connectivity index (χ4v) is 3.28. The lowest BCUT2D eigenvalue weighted by molar-refractivity contribution is -0.123.